The first-order chi connectivity index (χ1) is 31.1. The third-order valence-corrected chi connectivity index (χ3v) is 12.8. The van der Waals surface area contributed by atoms with Crippen molar-refractivity contribution in [3.63, 3.8) is 0 Å². The van der Waals surface area contributed by atoms with Gasteiger partial charge in [0.1, 0.15) is 23.4 Å². The number of rotatable bonds is 13. The molecule has 3 aliphatic rings. The summed E-state index contributed by atoms with van der Waals surface area (Å²) in [5, 5.41) is 52.7. The van der Waals surface area contributed by atoms with Gasteiger partial charge in [-0.1, -0.05) is 72.6 Å². The fourth-order valence-electron chi connectivity index (χ4n) is 8.73. The van der Waals surface area contributed by atoms with Crippen molar-refractivity contribution in [3.05, 3.63) is 53.3 Å². The lowest BCUT2D eigenvalue weighted by Gasteiger charge is -2.38. The highest BCUT2D eigenvalue weighted by atomic mass is 16.7. The Kier molecular flexibility index (Phi) is 18.7. The molecule has 5 N–H and O–H groups in total. The zero-order valence-corrected chi connectivity index (χ0v) is 41.0. The highest BCUT2D eigenvalue weighted by Crippen LogP contribution is 2.54. The third kappa shape index (κ3) is 11.7. The van der Waals surface area contributed by atoms with Gasteiger partial charge in [0.2, 0.25) is 0 Å². The van der Waals surface area contributed by atoms with Crippen molar-refractivity contribution in [1.29, 1.82) is 0 Å². The Morgan fingerprint density at radius 1 is 0.924 bits per heavy atom. The molecule has 2 aromatic rings. The van der Waals surface area contributed by atoms with Crippen LogP contribution in [0.1, 0.15) is 118 Å². The molecule has 9 unspecified atom stereocenters. The molecule has 0 spiro atoms. The van der Waals surface area contributed by atoms with Crippen molar-refractivity contribution in [2.45, 2.75) is 145 Å². The van der Waals surface area contributed by atoms with Crippen molar-refractivity contribution < 1.29 is 63.3 Å². The molecule has 366 valence electrons. The number of hydrogen-bond donors (Lipinski definition) is 5. The lowest BCUT2D eigenvalue weighted by Crippen LogP contribution is -2.52. The predicted octanol–water partition coefficient (Wildman–Crippen LogP) is 7.48. The number of unbranched alkanes of at least 4 members (excludes halogenated alkanes) is 2. The van der Waals surface area contributed by atoms with E-state index >= 15 is 0 Å². The maximum absolute atomic E-state index is 14.7. The van der Waals surface area contributed by atoms with Crippen molar-refractivity contribution in [2.75, 3.05) is 32.1 Å². The van der Waals surface area contributed by atoms with Crippen molar-refractivity contribution >= 4 is 40.0 Å². The summed E-state index contributed by atoms with van der Waals surface area (Å²) in [6.07, 6.45) is 7.20. The van der Waals surface area contributed by atoms with Crippen LogP contribution in [-0.2, 0) is 28.6 Å². The first kappa shape index (κ1) is 53.5. The number of amides is 2. The molecular formula is C50H73N3O13. The number of esters is 1. The molecule has 16 nitrogen and oxygen atoms in total. The molecule has 2 amide bonds. The number of aliphatic hydroxyl groups excluding tert-OH is 2. The maximum atomic E-state index is 14.7. The second kappa shape index (κ2) is 23.0. The number of aliphatic hydroxyl groups is 2. The topological polar surface area (TPSA) is 214 Å². The first-order valence-corrected chi connectivity index (χ1v) is 23.1. The summed E-state index contributed by atoms with van der Waals surface area (Å²) in [7, 11) is 1.44. The Labute approximate surface area is 389 Å². The monoisotopic (exact) mass is 924 g/mol. The third-order valence-electron chi connectivity index (χ3n) is 12.8. The van der Waals surface area contributed by atoms with Crippen LogP contribution in [0.5, 0.6) is 23.0 Å². The highest BCUT2D eigenvalue weighted by molar-refractivity contribution is 6.21. The molecule has 3 aliphatic heterocycles. The van der Waals surface area contributed by atoms with Gasteiger partial charge in [0, 0.05) is 86.3 Å². The van der Waals surface area contributed by atoms with Crippen LogP contribution in [0.4, 0.5) is 5.69 Å². The van der Waals surface area contributed by atoms with E-state index in [1.165, 1.54) is 52.4 Å². The standard InChI is InChI=1S/C50H73N3O13/c1-14-16-22-52(23-17-15-2)53(27(3)4)38(55)26-63-37-25-35-45(59)40-39(37)41-47(33(10)44(40)58)66-50(12,48(41)60)64-24-21-36(62-13)30(7)46(65-34(11)54)32(9)43(57)31(8)42(56)28(5)19-18-20-29(6)49(61)51-35/h18-21,24-25,27-28,30-32,36,42-43,46,56-59H,14-17,22-23,26H2,1-13H3,(H,51,61)/b19-18+,24-21+,29-20-. The number of methoxy groups -OCH3 is 1. The Hall–Kier alpha value is -5.16. The van der Waals surface area contributed by atoms with Gasteiger partial charge in [-0.2, -0.15) is 0 Å². The minimum Gasteiger partial charge on any atom is -0.507 e. The van der Waals surface area contributed by atoms with Crippen molar-refractivity contribution in [1.82, 2.24) is 10.0 Å². The number of allylic oxidation sites excluding steroid dienone is 2. The number of fused-ring (bicyclic) bond motifs is 14. The van der Waals surface area contributed by atoms with Gasteiger partial charge < -0.3 is 49.4 Å². The van der Waals surface area contributed by atoms with Gasteiger partial charge in [-0.25, -0.2) is 5.01 Å². The van der Waals surface area contributed by atoms with Crippen LogP contribution in [0, 0.1) is 30.6 Å². The average Bonchev–Trinajstić information content (AvgIpc) is 3.54. The Morgan fingerprint density at radius 3 is 2.14 bits per heavy atom. The summed E-state index contributed by atoms with van der Waals surface area (Å²) in [4.78, 5) is 55.1. The number of nitrogens with zero attached hydrogens (tertiary/aromatic N) is 2. The number of ketones is 1. The van der Waals surface area contributed by atoms with E-state index in [1.807, 2.05) is 18.9 Å². The summed E-state index contributed by atoms with van der Waals surface area (Å²) in [5.74, 6) is -8.07. The van der Waals surface area contributed by atoms with Crippen LogP contribution < -0.4 is 14.8 Å². The largest absolute Gasteiger partial charge is 0.507 e. The highest BCUT2D eigenvalue weighted by Gasteiger charge is 2.50. The van der Waals surface area contributed by atoms with E-state index < -0.39 is 89.6 Å². The van der Waals surface area contributed by atoms with Gasteiger partial charge >= 0.3 is 11.8 Å². The van der Waals surface area contributed by atoms with Crippen LogP contribution in [0.25, 0.3) is 10.8 Å². The Balaban J connectivity index is 1.94. The summed E-state index contributed by atoms with van der Waals surface area (Å²) >= 11 is 0. The molecule has 2 aromatic carbocycles. The van der Waals surface area contributed by atoms with Crippen LogP contribution in [0.3, 0.4) is 0 Å². The van der Waals surface area contributed by atoms with Crippen LogP contribution in [0.2, 0.25) is 0 Å². The van der Waals surface area contributed by atoms with E-state index in [2.05, 4.69) is 19.2 Å². The van der Waals surface area contributed by atoms with Crippen LogP contribution in [0.15, 0.2) is 42.2 Å². The van der Waals surface area contributed by atoms with Gasteiger partial charge in [0.05, 0.1) is 41.2 Å². The first-order valence-electron chi connectivity index (χ1n) is 23.1. The number of benzene rings is 2. The minimum atomic E-state index is -2.04. The van der Waals surface area contributed by atoms with Gasteiger partial charge in [-0.3, -0.25) is 24.2 Å². The average molecular weight is 924 g/mol. The number of phenols is 2. The van der Waals surface area contributed by atoms with Crippen LogP contribution in [-0.4, -0.2) is 117 Å². The zero-order valence-electron chi connectivity index (χ0n) is 41.0. The van der Waals surface area contributed by atoms with Crippen molar-refractivity contribution in [2.24, 2.45) is 23.7 Å². The molecule has 5 bridgehead atoms. The second-order valence-corrected chi connectivity index (χ2v) is 18.2. The minimum absolute atomic E-state index is 0.0570. The molecule has 0 aliphatic carbocycles. The number of carbonyl (C=O) groups is 4. The maximum Gasteiger partial charge on any atom is 0.312 e. The van der Waals surface area contributed by atoms with Crippen molar-refractivity contribution in [3.8, 4) is 23.0 Å². The lowest BCUT2D eigenvalue weighted by molar-refractivity contribution is -0.160. The summed E-state index contributed by atoms with van der Waals surface area (Å²) in [6, 6.07) is 1.06. The van der Waals surface area contributed by atoms with Crippen LogP contribution >= 0.6 is 0 Å². The van der Waals surface area contributed by atoms with E-state index in [1.54, 1.807) is 51.8 Å². The molecule has 0 saturated carbocycles. The number of Topliss-reactive ketones (excluding diaryl/α,β-unsaturated/α-hetero) is 1. The van der Waals surface area contributed by atoms with E-state index in [4.69, 9.17) is 23.7 Å². The number of hydrazine groups is 1. The van der Waals surface area contributed by atoms with E-state index in [0.29, 0.717) is 13.1 Å². The van der Waals surface area contributed by atoms with E-state index in [9.17, 15) is 39.6 Å². The van der Waals surface area contributed by atoms with Gasteiger partial charge in [0.25, 0.3) is 17.6 Å². The molecular weight excluding hydrogens is 851 g/mol. The number of carbonyl (C=O) groups excluding carboxylic acids is 4. The number of aromatic hydroxyl groups is 2. The molecule has 66 heavy (non-hydrogen) atoms. The normalized spacial score (nSPS) is 28.1. The Morgan fingerprint density at radius 2 is 1.56 bits per heavy atom. The molecule has 16 heteroatoms. The summed E-state index contributed by atoms with van der Waals surface area (Å²) in [6.45, 7) is 21.4. The predicted molar refractivity (Wildman–Crippen MR) is 251 cm³/mol. The zero-order chi connectivity index (χ0) is 49.4. The number of anilines is 1. The summed E-state index contributed by atoms with van der Waals surface area (Å²) in [5.41, 5.74) is -0.00729. The molecule has 3 heterocycles. The second-order valence-electron chi connectivity index (χ2n) is 18.2. The SMILES string of the molecule is CCCCN(CCCC)N(C(=O)COc1cc2c(O)c3c(O)c(C)c4c(c13)C(=O)C(C)(O/C=C/C(OC)C(C)C(OC(C)=O)C(C)C(O)C(C)C(O)C(C)/C=C/C=C(/C)C(=O)N2)O4)C(C)C. The molecule has 5 rings (SSSR count). The fraction of sp³-hybridized carbons (Fsp3) is 0.600. The Bertz CT molecular complexity index is 2160. The van der Waals surface area contributed by atoms with Gasteiger partial charge in [0.15, 0.2) is 12.4 Å². The van der Waals surface area contributed by atoms with E-state index in [0.717, 1.165) is 25.7 Å². The van der Waals surface area contributed by atoms with Gasteiger partial charge in [-0.05, 0) is 46.6 Å². The molecule has 0 aromatic heterocycles. The molecule has 0 fully saturated rings. The summed E-state index contributed by atoms with van der Waals surface area (Å²) < 4.78 is 30.2. The number of ether oxygens (including phenoxy) is 5. The molecule has 0 radical (unpaired) electrons. The molecule has 0 saturated heterocycles. The number of hydrogen-bond acceptors (Lipinski definition) is 14. The number of phenolic OH excluding ortho intramolecular Hbond substituents is 2. The number of nitrogens with one attached hydrogen (secondary N) is 1. The smallest absolute Gasteiger partial charge is 0.312 e. The quantitative estimate of drug-likeness (QED) is 0.0749. The lowest BCUT2D eigenvalue weighted by atomic mass is 9.78. The fourth-order valence-corrected chi connectivity index (χ4v) is 8.73. The van der Waals surface area contributed by atoms with Gasteiger partial charge in [-0.15, -0.1) is 0 Å². The van der Waals surface area contributed by atoms with E-state index in [-0.39, 0.29) is 56.6 Å². The molecule has 9 atom stereocenters.